The van der Waals surface area contributed by atoms with Crippen LogP contribution >= 0.6 is 0 Å². The van der Waals surface area contributed by atoms with Crippen molar-refractivity contribution in [2.45, 2.75) is 58.3 Å². The van der Waals surface area contributed by atoms with Crippen molar-refractivity contribution < 1.29 is 9.59 Å². The van der Waals surface area contributed by atoms with Crippen LogP contribution in [0.25, 0.3) is 0 Å². The van der Waals surface area contributed by atoms with Gasteiger partial charge in [-0.1, -0.05) is 117 Å². The van der Waals surface area contributed by atoms with E-state index >= 15 is 0 Å². The first-order valence-corrected chi connectivity index (χ1v) is 12.3. The molecule has 0 bridgehead atoms. The Morgan fingerprint density at radius 1 is 0.788 bits per heavy atom. The summed E-state index contributed by atoms with van der Waals surface area (Å²) in [6.07, 6.45) is 7.43. The van der Waals surface area contributed by atoms with Gasteiger partial charge in [-0.25, -0.2) is 0 Å². The van der Waals surface area contributed by atoms with Crippen LogP contribution in [0, 0.1) is 11.3 Å². The first kappa shape index (κ1) is 24.6. The second-order valence-corrected chi connectivity index (χ2v) is 9.17. The Morgan fingerprint density at radius 2 is 1.33 bits per heavy atom. The smallest absolute Gasteiger partial charge is 0.149 e. The SMILES string of the molecule is CCCCCC(Cc1ccccc1)C(=O)C(C=O)(CCc1ccccc1)Cc1ccccc1. The third-order valence-electron chi connectivity index (χ3n) is 6.63. The van der Waals surface area contributed by atoms with E-state index in [1.165, 1.54) is 0 Å². The Morgan fingerprint density at radius 3 is 1.88 bits per heavy atom. The van der Waals surface area contributed by atoms with Crippen molar-refractivity contribution >= 4 is 12.1 Å². The molecule has 2 atom stereocenters. The fourth-order valence-electron chi connectivity index (χ4n) is 4.70. The fraction of sp³-hybridized carbons (Fsp3) is 0.355. The first-order chi connectivity index (χ1) is 16.2. The second kappa shape index (κ2) is 12.9. The van der Waals surface area contributed by atoms with Crippen molar-refractivity contribution in [2.24, 2.45) is 11.3 Å². The predicted molar refractivity (Wildman–Crippen MR) is 136 cm³/mol. The zero-order valence-corrected chi connectivity index (χ0v) is 19.8. The molecule has 0 N–H and O–H groups in total. The summed E-state index contributed by atoms with van der Waals surface area (Å²) in [4.78, 5) is 26.9. The molecule has 0 amide bonds. The number of carbonyl (C=O) groups excluding carboxylic acids is 2. The Balaban J connectivity index is 1.91. The second-order valence-electron chi connectivity index (χ2n) is 9.17. The number of unbranched alkanes of at least 4 members (excludes halogenated alkanes) is 2. The van der Waals surface area contributed by atoms with Crippen molar-refractivity contribution in [1.82, 2.24) is 0 Å². The van der Waals surface area contributed by atoms with Crippen molar-refractivity contribution in [2.75, 3.05) is 0 Å². The number of carbonyl (C=O) groups is 2. The van der Waals surface area contributed by atoms with Crippen LogP contribution in [0.2, 0.25) is 0 Å². The third-order valence-corrected chi connectivity index (χ3v) is 6.63. The number of hydrogen-bond donors (Lipinski definition) is 0. The Hall–Kier alpha value is -3.00. The van der Waals surface area contributed by atoms with Crippen LogP contribution in [0.3, 0.4) is 0 Å². The molecule has 0 aliphatic rings. The lowest BCUT2D eigenvalue weighted by atomic mass is 9.69. The van der Waals surface area contributed by atoms with Gasteiger partial charge >= 0.3 is 0 Å². The van der Waals surface area contributed by atoms with Gasteiger partial charge in [0, 0.05) is 5.92 Å². The molecule has 2 heteroatoms. The van der Waals surface area contributed by atoms with Crippen LogP contribution in [0.1, 0.15) is 55.7 Å². The number of benzene rings is 3. The Labute approximate surface area is 199 Å². The monoisotopic (exact) mass is 440 g/mol. The van der Waals surface area contributed by atoms with Crippen molar-refractivity contribution in [1.29, 1.82) is 0 Å². The number of aldehydes is 1. The van der Waals surface area contributed by atoms with E-state index in [2.05, 4.69) is 31.2 Å². The highest BCUT2D eigenvalue weighted by Crippen LogP contribution is 2.34. The number of hydrogen-bond acceptors (Lipinski definition) is 2. The maximum atomic E-state index is 14.2. The lowest BCUT2D eigenvalue weighted by Gasteiger charge is -2.31. The van der Waals surface area contributed by atoms with E-state index in [1.54, 1.807) is 0 Å². The highest BCUT2D eigenvalue weighted by atomic mass is 16.1. The standard InChI is InChI=1S/C31H36O2/c1-2-3-7-20-29(23-27-16-10-5-11-17-27)30(33)31(25-32,24-28-18-12-6-13-19-28)22-21-26-14-8-4-9-15-26/h4-6,8-19,25,29H,2-3,7,20-24H2,1H3. The molecule has 0 aliphatic heterocycles. The largest absolute Gasteiger partial charge is 0.302 e. The summed E-state index contributed by atoms with van der Waals surface area (Å²) < 4.78 is 0. The lowest BCUT2D eigenvalue weighted by Crippen LogP contribution is -2.41. The van der Waals surface area contributed by atoms with Gasteiger partial charge in [0.05, 0.1) is 5.41 Å². The first-order valence-electron chi connectivity index (χ1n) is 12.3. The summed E-state index contributed by atoms with van der Waals surface area (Å²) in [5.74, 6) is -0.0409. The lowest BCUT2D eigenvalue weighted by molar-refractivity contribution is -0.138. The third kappa shape index (κ3) is 7.25. The summed E-state index contributed by atoms with van der Waals surface area (Å²) in [7, 11) is 0. The molecule has 0 saturated carbocycles. The molecule has 33 heavy (non-hydrogen) atoms. The minimum Gasteiger partial charge on any atom is -0.302 e. The van der Waals surface area contributed by atoms with E-state index in [9.17, 15) is 9.59 Å². The van der Waals surface area contributed by atoms with E-state index in [1.807, 2.05) is 66.7 Å². The predicted octanol–water partition coefficient (Wildman–Crippen LogP) is 7.06. The normalized spacial score (nSPS) is 13.7. The van der Waals surface area contributed by atoms with E-state index in [4.69, 9.17) is 0 Å². The molecule has 3 aromatic carbocycles. The Bertz CT molecular complexity index is 966. The Kier molecular flexibility index (Phi) is 9.62. The van der Waals surface area contributed by atoms with Gasteiger partial charge in [0.2, 0.25) is 0 Å². The van der Waals surface area contributed by atoms with Gasteiger partial charge in [-0.3, -0.25) is 4.79 Å². The van der Waals surface area contributed by atoms with Gasteiger partial charge in [-0.15, -0.1) is 0 Å². The molecule has 0 radical (unpaired) electrons. The van der Waals surface area contributed by atoms with Crippen LogP contribution in [-0.2, 0) is 28.9 Å². The van der Waals surface area contributed by atoms with Gasteiger partial charge in [0.25, 0.3) is 0 Å². The molecule has 3 aromatic rings. The molecular formula is C31H36O2. The maximum absolute atomic E-state index is 14.2. The van der Waals surface area contributed by atoms with Crippen LogP contribution in [-0.4, -0.2) is 12.1 Å². The van der Waals surface area contributed by atoms with Crippen LogP contribution in [0.15, 0.2) is 91.0 Å². The van der Waals surface area contributed by atoms with Crippen molar-refractivity contribution in [3.63, 3.8) is 0 Å². The average molecular weight is 441 g/mol. The van der Waals surface area contributed by atoms with Crippen LogP contribution in [0.5, 0.6) is 0 Å². The van der Waals surface area contributed by atoms with E-state index in [0.717, 1.165) is 48.7 Å². The molecule has 0 heterocycles. The van der Waals surface area contributed by atoms with Gasteiger partial charge in [0.1, 0.15) is 12.1 Å². The zero-order valence-electron chi connectivity index (χ0n) is 19.8. The average Bonchev–Trinajstić information content (AvgIpc) is 2.87. The molecular weight excluding hydrogens is 404 g/mol. The minimum atomic E-state index is -1.01. The van der Waals surface area contributed by atoms with Crippen molar-refractivity contribution in [3.05, 3.63) is 108 Å². The van der Waals surface area contributed by atoms with E-state index in [-0.39, 0.29) is 11.7 Å². The molecule has 0 fully saturated rings. The highest BCUT2D eigenvalue weighted by molar-refractivity contribution is 6.00. The van der Waals surface area contributed by atoms with Gasteiger partial charge in [-0.2, -0.15) is 0 Å². The zero-order chi connectivity index (χ0) is 23.4. The van der Waals surface area contributed by atoms with Gasteiger partial charge < -0.3 is 4.79 Å². The number of ketones is 1. The summed E-state index contributed by atoms with van der Waals surface area (Å²) in [5, 5.41) is 0. The minimum absolute atomic E-state index is 0.109. The number of rotatable bonds is 14. The number of aryl methyl sites for hydroxylation is 1. The van der Waals surface area contributed by atoms with Gasteiger partial charge in [-0.05, 0) is 48.8 Å². The van der Waals surface area contributed by atoms with Crippen LogP contribution in [0.4, 0.5) is 0 Å². The molecule has 0 spiro atoms. The topological polar surface area (TPSA) is 34.1 Å². The quantitative estimate of drug-likeness (QED) is 0.153. The maximum Gasteiger partial charge on any atom is 0.149 e. The number of Topliss-reactive ketones (excluding diaryl/α,β-unsaturated/α-hetero) is 1. The molecule has 0 aliphatic carbocycles. The molecule has 172 valence electrons. The summed E-state index contributed by atoms with van der Waals surface area (Å²) in [5.41, 5.74) is 2.35. The summed E-state index contributed by atoms with van der Waals surface area (Å²) in [6.45, 7) is 2.18. The molecule has 3 rings (SSSR count). The molecule has 0 aromatic heterocycles. The molecule has 0 saturated heterocycles. The van der Waals surface area contributed by atoms with E-state index in [0.29, 0.717) is 25.7 Å². The van der Waals surface area contributed by atoms with Crippen molar-refractivity contribution in [3.8, 4) is 0 Å². The molecule has 2 unspecified atom stereocenters. The van der Waals surface area contributed by atoms with Gasteiger partial charge in [0.15, 0.2) is 0 Å². The van der Waals surface area contributed by atoms with E-state index < -0.39 is 5.41 Å². The fourth-order valence-corrected chi connectivity index (χ4v) is 4.70. The van der Waals surface area contributed by atoms with Crippen LogP contribution < -0.4 is 0 Å². The highest BCUT2D eigenvalue weighted by Gasteiger charge is 2.41. The summed E-state index contributed by atoms with van der Waals surface area (Å²) >= 11 is 0. The summed E-state index contributed by atoms with van der Waals surface area (Å²) in [6, 6.07) is 30.4. The molecule has 2 nitrogen and oxygen atoms in total.